The lowest BCUT2D eigenvalue weighted by molar-refractivity contribution is -0.0977. The van der Waals surface area contributed by atoms with E-state index in [1.807, 2.05) is 12.1 Å². The minimum Gasteiger partial charge on any atom is -0.434 e. The van der Waals surface area contributed by atoms with Gasteiger partial charge in [-0.3, -0.25) is 4.90 Å². The van der Waals surface area contributed by atoms with Gasteiger partial charge in [-0.25, -0.2) is 0 Å². The number of nitrogens with zero attached hydrogens (tertiary/aromatic N) is 1. The van der Waals surface area contributed by atoms with E-state index in [9.17, 15) is 13.9 Å². The molecule has 0 radical (unpaired) electrons. The van der Waals surface area contributed by atoms with Crippen LogP contribution in [0, 0.1) is 16.7 Å². The van der Waals surface area contributed by atoms with E-state index in [2.05, 4.69) is 23.5 Å². The van der Waals surface area contributed by atoms with Crippen molar-refractivity contribution in [2.75, 3.05) is 19.7 Å². The maximum atomic E-state index is 12.5. The number of rotatable bonds is 5. The fourth-order valence-corrected chi connectivity index (χ4v) is 4.65. The van der Waals surface area contributed by atoms with E-state index in [0.717, 1.165) is 25.1 Å². The smallest absolute Gasteiger partial charge is 0.387 e. The Labute approximate surface area is 129 Å². The average Bonchev–Trinajstić information content (AvgIpc) is 2.75. The lowest BCUT2D eigenvalue weighted by Crippen LogP contribution is -2.54. The molecule has 5 heteroatoms. The standard InChI is InChI=1S/C17H23F2NO2/c1-16(2)9-17(11-21)10-20(8-14(16)17)7-12-5-3-4-6-13(12)22-15(18)19/h3-6,14-15,21H,7-11H2,1-2H3/t14-,17-/m1/s1. The van der Waals surface area contributed by atoms with Crippen molar-refractivity contribution < 1.29 is 18.6 Å². The zero-order valence-electron chi connectivity index (χ0n) is 13.1. The Bertz CT molecular complexity index is 549. The van der Waals surface area contributed by atoms with Crippen LogP contribution >= 0.6 is 0 Å². The largest absolute Gasteiger partial charge is 0.434 e. The fourth-order valence-electron chi connectivity index (χ4n) is 4.65. The highest BCUT2D eigenvalue weighted by atomic mass is 19.3. The highest BCUT2D eigenvalue weighted by Crippen LogP contribution is 2.62. The number of alkyl halides is 2. The van der Waals surface area contributed by atoms with Crippen LogP contribution in [0.5, 0.6) is 5.75 Å². The molecule has 1 aliphatic heterocycles. The van der Waals surface area contributed by atoms with Gasteiger partial charge in [0.15, 0.2) is 0 Å². The van der Waals surface area contributed by atoms with E-state index in [-0.39, 0.29) is 23.2 Å². The molecule has 22 heavy (non-hydrogen) atoms. The second-order valence-corrected chi connectivity index (χ2v) is 7.39. The van der Waals surface area contributed by atoms with Gasteiger partial charge in [0.2, 0.25) is 0 Å². The van der Waals surface area contributed by atoms with E-state index in [0.29, 0.717) is 12.5 Å². The Balaban J connectivity index is 1.73. The monoisotopic (exact) mass is 311 g/mol. The normalized spacial score (nSPS) is 30.2. The van der Waals surface area contributed by atoms with E-state index >= 15 is 0 Å². The van der Waals surface area contributed by atoms with E-state index in [1.54, 1.807) is 12.1 Å². The van der Waals surface area contributed by atoms with Crippen LogP contribution in [-0.4, -0.2) is 36.3 Å². The SMILES string of the molecule is CC1(C)C[C@]2(CO)CN(Cc3ccccc3OC(F)F)C[C@H]12. The van der Waals surface area contributed by atoms with E-state index in [4.69, 9.17) is 0 Å². The minimum absolute atomic E-state index is 0.0119. The summed E-state index contributed by atoms with van der Waals surface area (Å²) in [6.07, 6.45) is 1.02. The fraction of sp³-hybridized carbons (Fsp3) is 0.647. The van der Waals surface area contributed by atoms with Crippen molar-refractivity contribution in [2.45, 2.75) is 33.4 Å². The molecule has 2 fully saturated rings. The summed E-state index contributed by atoms with van der Waals surface area (Å²) in [5.41, 5.74) is 1.01. The molecule has 0 aromatic heterocycles. The Hall–Kier alpha value is -1.20. The van der Waals surface area contributed by atoms with Gasteiger partial charge >= 0.3 is 6.61 Å². The van der Waals surface area contributed by atoms with Crippen molar-refractivity contribution in [2.24, 2.45) is 16.7 Å². The molecule has 1 saturated heterocycles. The van der Waals surface area contributed by atoms with Crippen molar-refractivity contribution in [3.8, 4) is 5.75 Å². The quantitative estimate of drug-likeness (QED) is 0.907. The van der Waals surface area contributed by atoms with Crippen LogP contribution in [-0.2, 0) is 6.54 Å². The first-order chi connectivity index (χ1) is 10.4. The molecule has 0 spiro atoms. The van der Waals surface area contributed by atoms with Crippen LogP contribution in [0.3, 0.4) is 0 Å². The Morgan fingerprint density at radius 3 is 2.68 bits per heavy atom. The van der Waals surface area contributed by atoms with Crippen LogP contribution in [0.2, 0.25) is 0 Å². The Morgan fingerprint density at radius 1 is 1.36 bits per heavy atom. The lowest BCUT2D eigenvalue weighted by Gasteiger charge is -2.56. The summed E-state index contributed by atoms with van der Waals surface area (Å²) in [5, 5.41) is 9.79. The van der Waals surface area contributed by atoms with E-state index in [1.165, 1.54) is 0 Å². The summed E-state index contributed by atoms with van der Waals surface area (Å²) >= 11 is 0. The third kappa shape index (κ3) is 2.61. The lowest BCUT2D eigenvalue weighted by atomic mass is 9.48. The van der Waals surface area contributed by atoms with Crippen molar-refractivity contribution in [3.63, 3.8) is 0 Å². The van der Waals surface area contributed by atoms with Crippen LogP contribution in [0.1, 0.15) is 25.8 Å². The van der Waals surface area contributed by atoms with Gasteiger partial charge in [0.05, 0.1) is 6.61 Å². The second-order valence-electron chi connectivity index (χ2n) is 7.39. The molecule has 1 saturated carbocycles. The van der Waals surface area contributed by atoms with Gasteiger partial charge < -0.3 is 9.84 Å². The molecular weight excluding hydrogens is 288 g/mol. The first kappa shape index (κ1) is 15.7. The van der Waals surface area contributed by atoms with Crippen molar-refractivity contribution in [3.05, 3.63) is 29.8 Å². The molecular formula is C17H23F2NO2. The first-order valence-corrected chi connectivity index (χ1v) is 7.72. The molecule has 1 aromatic carbocycles. The zero-order valence-corrected chi connectivity index (χ0v) is 13.1. The molecule has 3 rings (SSSR count). The van der Waals surface area contributed by atoms with Crippen molar-refractivity contribution in [1.29, 1.82) is 0 Å². The van der Waals surface area contributed by atoms with Crippen LogP contribution in [0.25, 0.3) is 0 Å². The molecule has 1 aromatic rings. The van der Waals surface area contributed by atoms with Crippen molar-refractivity contribution in [1.82, 2.24) is 4.90 Å². The third-order valence-corrected chi connectivity index (χ3v) is 5.37. The molecule has 1 N–H and O–H groups in total. The number of fused-ring (bicyclic) bond motifs is 1. The maximum Gasteiger partial charge on any atom is 0.387 e. The summed E-state index contributed by atoms with van der Waals surface area (Å²) in [6.45, 7) is 4.17. The zero-order chi connectivity index (χ0) is 16.0. The minimum atomic E-state index is -2.81. The summed E-state index contributed by atoms with van der Waals surface area (Å²) in [7, 11) is 0. The maximum absolute atomic E-state index is 12.5. The first-order valence-electron chi connectivity index (χ1n) is 7.72. The Kier molecular flexibility index (Phi) is 3.89. The molecule has 2 aliphatic rings. The number of hydrogen-bond donors (Lipinski definition) is 1. The number of likely N-dealkylation sites (tertiary alicyclic amines) is 1. The number of ether oxygens (including phenoxy) is 1. The van der Waals surface area contributed by atoms with Crippen molar-refractivity contribution >= 4 is 0 Å². The van der Waals surface area contributed by atoms with Gasteiger partial charge in [0, 0.05) is 30.6 Å². The number of hydrogen-bond acceptors (Lipinski definition) is 3. The molecule has 1 aliphatic carbocycles. The summed E-state index contributed by atoms with van der Waals surface area (Å²) in [4.78, 5) is 2.25. The van der Waals surface area contributed by atoms with Crippen LogP contribution < -0.4 is 4.74 Å². The van der Waals surface area contributed by atoms with Crippen LogP contribution in [0.15, 0.2) is 24.3 Å². The average molecular weight is 311 g/mol. The summed E-state index contributed by atoms with van der Waals surface area (Å²) in [5.74, 6) is 0.710. The predicted octanol–water partition coefficient (Wildman–Crippen LogP) is 3.13. The second kappa shape index (κ2) is 5.46. The van der Waals surface area contributed by atoms with E-state index < -0.39 is 6.61 Å². The highest BCUT2D eigenvalue weighted by molar-refractivity contribution is 5.33. The molecule has 1 heterocycles. The molecule has 2 atom stereocenters. The van der Waals surface area contributed by atoms with Gasteiger partial charge in [-0.1, -0.05) is 32.0 Å². The number of benzene rings is 1. The van der Waals surface area contributed by atoms with Gasteiger partial charge in [0.1, 0.15) is 5.75 Å². The molecule has 0 unspecified atom stereocenters. The van der Waals surface area contributed by atoms with Gasteiger partial charge in [-0.15, -0.1) is 0 Å². The number of halogens is 2. The molecule has 3 nitrogen and oxygen atoms in total. The molecule has 0 bridgehead atoms. The number of aliphatic hydroxyl groups excluding tert-OH is 1. The number of aliphatic hydroxyl groups is 1. The topological polar surface area (TPSA) is 32.7 Å². The highest BCUT2D eigenvalue weighted by Gasteiger charge is 2.62. The van der Waals surface area contributed by atoms with Gasteiger partial charge in [-0.2, -0.15) is 8.78 Å². The Morgan fingerprint density at radius 2 is 2.09 bits per heavy atom. The summed E-state index contributed by atoms with van der Waals surface area (Å²) < 4.78 is 29.6. The third-order valence-electron chi connectivity index (χ3n) is 5.37. The summed E-state index contributed by atoms with van der Waals surface area (Å²) in [6, 6.07) is 6.95. The van der Waals surface area contributed by atoms with Gasteiger partial charge in [0.25, 0.3) is 0 Å². The molecule has 122 valence electrons. The predicted molar refractivity (Wildman–Crippen MR) is 79.8 cm³/mol. The molecule has 0 amide bonds. The van der Waals surface area contributed by atoms with Crippen LogP contribution in [0.4, 0.5) is 8.78 Å². The van der Waals surface area contributed by atoms with Gasteiger partial charge in [-0.05, 0) is 23.8 Å². The number of para-hydroxylation sites is 1.